The normalized spacial score (nSPS) is 14.4. The topological polar surface area (TPSA) is 81.3 Å². The van der Waals surface area contributed by atoms with Crippen LogP contribution in [0.4, 0.5) is 0 Å². The maximum Gasteiger partial charge on any atom is 0.253 e. The lowest BCUT2D eigenvalue weighted by Crippen LogP contribution is -2.48. The van der Waals surface area contributed by atoms with Gasteiger partial charge in [0.05, 0.1) is 11.3 Å². The van der Waals surface area contributed by atoms with Gasteiger partial charge in [0.1, 0.15) is 5.01 Å². The van der Waals surface area contributed by atoms with Crippen molar-refractivity contribution >= 4 is 34.1 Å². The Balaban J connectivity index is 1.06. The molecule has 2 N–H and O–H groups in total. The third-order valence-electron chi connectivity index (χ3n) is 6.14. The Morgan fingerprint density at radius 2 is 1.76 bits per heavy atom. The van der Waals surface area contributed by atoms with Crippen LogP contribution in [-0.2, 0) is 11.3 Å². The zero-order chi connectivity index (χ0) is 23.3. The van der Waals surface area contributed by atoms with Crippen LogP contribution >= 0.6 is 11.3 Å². The van der Waals surface area contributed by atoms with Gasteiger partial charge in [-0.25, -0.2) is 4.98 Å². The SMILES string of the molecule is O=C(NCCC(=O)N1CCN(Cc2csc(-c3ccccc3)n2)CC1)c1c[nH]c2ccccc12. The molecule has 1 aliphatic rings. The summed E-state index contributed by atoms with van der Waals surface area (Å²) in [6.07, 6.45) is 2.02. The largest absolute Gasteiger partial charge is 0.360 e. The minimum Gasteiger partial charge on any atom is -0.360 e. The number of piperazine rings is 1. The van der Waals surface area contributed by atoms with Crippen LogP contribution in [-0.4, -0.2) is 64.3 Å². The second-order valence-electron chi connectivity index (χ2n) is 8.42. The van der Waals surface area contributed by atoms with E-state index in [4.69, 9.17) is 4.98 Å². The summed E-state index contributed by atoms with van der Waals surface area (Å²) in [5, 5.41) is 6.93. The quantitative estimate of drug-likeness (QED) is 0.428. The first-order chi connectivity index (χ1) is 16.7. The Hall–Kier alpha value is -3.49. The van der Waals surface area contributed by atoms with E-state index in [-0.39, 0.29) is 11.8 Å². The molecule has 0 bridgehead atoms. The molecule has 0 atom stereocenters. The smallest absolute Gasteiger partial charge is 0.253 e. The minimum absolute atomic E-state index is 0.0823. The van der Waals surface area contributed by atoms with E-state index in [0.29, 0.717) is 31.6 Å². The summed E-state index contributed by atoms with van der Waals surface area (Å²) < 4.78 is 0. The Kier molecular flexibility index (Phi) is 6.69. The van der Waals surface area contributed by atoms with Gasteiger partial charge >= 0.3 is 0 Å². The van der Waals surface area contributed by atoms with Crippen LogP contribution in [0.15, 0.2) is 66.2 Å². The first-order valence-corrected chi connectivity index (χ1v) is 12.4. The number of para-hydroxylation sites is 1. The molecular weight excluding hydrogens is 446 g/mol. The standard InChI is InChI=1S/C26H27N5O2S/c32-24(10-11-27-25(33)22-16-28-23-9-5-4-8-21(22)23)31-14-12-30(13-15-31)17-20-18-34-26(29-20)19-6-2-1-3-7-19/h1-9,16,18,28H,10-15,17H2,(H,27,33). The third kappa shape index (κ3) is 5.03. The van der Waals surface area contributed by atoms with E-state index >= 15 is 0 Å². The monoisotopic (exact) mass is 473 g/mol. The molecule has 3 heterocycles. The minimum atomic E-state index is -0.159. The van der Waals surface area contributed by atoms with Crippen molar-refractivity contribution in [3.63, 3.8) is 0 Å². The molecule has 174 valence electrons. The average molecular weight is 474 g/mol. The van der Waals surface area contributed by atoms with Gasteiger partial charge in [-0.2, -0.15) is 0 Å². The Bertz CT molecular complexity index is 1270. The number of rotatable bonds is 7. The van der Waals surface area contributed by atoms with E-state index in [1.165, 1.54) is 0 Å². The number of fused-ring (bicyclic) bond motifs is 1. The van der Waals surface area contributed by atoms with E-state index in [1.54, 1.807) is 17.5 Å². The van der Waals surface area contributed by atoms with Crippen LogP contribution < -0.4 is 5.32 Å². The molecule has 2 aromatic heterocycles. The fraction of sp³-hybridized carbons (Fsp3) is 0.269. The number of carbonyl (C=O) groups excluding carboxylic acids is 2. The van der Waals surface area contributed by atoms with Gasteiger partial charge < -0.3 is 15.2 Å². The molecule has 0 saturated carbocycles. The number of aromatic amines is 1. The van der Waals surface area contributed by atoms with E-state index in [1.807, 2.05) is 47.4 Å². The third-order valence-corrected chi connectivity index (χ3v) is 7.08. The summed E-state index contributed by atoms with van der Waals surface area (Å²) in [6.45, 7) is 4.18. The van der Waals surface area contributed by atoms with Crippen molar-refractivity contribution < 1.29 is 9.59 Å². The molecule has 5 rings (SSSR count). The number of benzene rings is 2. The van der Waals surface area contributed by atoms with Crippen molar-refractivity contribution in [1.82, 2.24) is 25.1 Å². The van der Waals surface area contributed by atoms with Crippen molar-refractivity contribution in [3.05, 3.63) is 77.4 Å². The van der Waals surface area contributed by atoms with Crippen LogP contribution in [0, 0.1) is 0 Å². The van der Waals surface area contributed by atoms with Crippen LogP contribution in [0.2, 0.25) is 0 Å². The van der Waals surface area contributed by atoms with Gasteiger partial charge in [0.15, 0.2) is 0 Å². The molecule has 1 aliphatic heterocycles. The van der Waals surface area contributed by atoms with Crippen molar-refractivity contribution in [1.29, 1.82) is 0 Å². The van der Waals surface area contributed by atoms with Gasteiger partial charge in [0, 0.05) is 73.7 Å². The zero-order valence-electron chi connectivity index (χ0n) is 18.9. The molecule has 0 radical (unpaired) electrons. The molecule has 2 aromatic carbocycles. The molecule has 1 saturated heterocycles. The number of aromatic nitrogens is 2. The second kappa shape index (κ2) is 10.2. The molecule has 34 heavy (non-hydrogen) atoms. The van der Waals surface area contributed by atoms with Crippen molar-refractivity contribution in [2.75, 3.05) is 32.7 Å². The van der Waals surface area contributed by atoms with Gasteiger partial charge in [-0.3, -0.25) is 14.5 Å². The maximum absolute atomic E-state index is 12.6. The van der Waals surface area contributed by atoms with Crippen LogP contribution in [0.25, 0.3) is 21.5 Å². The zero-order valence-corrected chi connectivity index (χ0v) is 19.7. The Morgan fingerprint density at radius 3 is 2.59 bits per heavy atom. The number of hydrogen-bond acceptors (Lipinski definition) is 5. The lowest BCUT2D eigenvalue weighted by molar-refractivity contribution is -0.132. The fourth-order valence-corrected chi connectivity index (χ4v) is 5.09. The molecule has 0 spiro atoms. The maximum atomic E-state index is 12.6. The summed E-state index contributed by atoms with van der Waals surface area (Å²) in [7, 11) is 0. The molecule has 7 nitrogen and oxygen atoms in total. The highest BCUT2D eigenvalue weighted by Crippen LogP contribution is 2.24. The number of H-pyrrole nitrogens is 1. The fourth-order valence-electron chi connectivity index (χ4n) is 4.27. The summed E-state index contributed by atoms with van der Waals surface area (Å²) in [5.74, 6) is -0.0768. The van der Waals surface area contributed by atoms with Crippen LogP contribution in [0.3, 0.4) is 0 Å². The van der Waals surface area contributed by atoms with Gasteiger partial charge in [-0.05, 0) is 6.07 Å². The summed E-state index contributed by atoms with van der Waals surface area (Å²) in [6, 6.07) is 17.9. The molecule has 8 heteroatoms. The van der Waals surface area contributed by atoms with E-state index in [9.17, 15) is 9.59 Å². The number of nitrogens with one attached hydrogen (secondary N) is 2. The number of carbonyl (C=O) groups is 2. The van der Waals surface area contributed by atoms with Gasteiger partial charge in [0.25, 0.3) is 5.91 Å². The molecule has 1 fully saturated rings. The molecule has 4 aromatic rings. The predicted molar refractivity (Wildman–Crippen MR) is 135 cm³/mol. The van der Waals surface area contributed by atoms with Crippen molar-refractivity contribution in [2.24, 2.45) is 0 Å². The highest BCUT2D eigenvalue weighted by molar-refractivity contribution is 7.13. The van der Waals surface area contributed by atoms with E-state index in [0.717, 1.165) is 46.8 Å². The molecule has 0 aliphatic carbocycles. The average Bonchev–Trinajstić information content (AvgIpc) is 3.52. The highest BCUT2D eigenvalue weighted by atomic mass is 32.1. The number of amides is 2. The number of nitrogens with zero attached hydrogens (tertiary/aromatic N) is 3. The molecular formula is C26H27N5O2S. The number of thiazole rings is 1. The first kappa shape index (κ1) is 22.3. The Morgan fingerprint density at radius 1 is 1.00 bits per heavy atom. The predicted octanol–water partition coefficient (Wildman–Crippen LogP) is 3.76. The van der Waals surface area contributed by atoms with E-state index < -0.39 is 0 Å². The van der Waals surface area contributed by atoms with Crippen LogP contribution in [0.5, 0.6) is 0 Å². The lowest BCUT2D eigenvalue weighted by Gasteiger charge is -2.34. The lowest BCUT2D eigenvalue weighted by atomic mass is 10.1. The van der Waals surface area contributed by atoms with Gasteiger partial charge in [-0.15, -0.1) is 11.3 Å². The van der Waals surface area contributed by atoms with Gasteiger partial charge in [0.2, 0.25) is 5.91 Å². The second-order valence-corrected chi connectivity index (χ2v) is 9.28. The van der Waals surface area contributed by atoms with E-state index in [2.05, 4.69) is 32.7 Å². The van der Waals surface area contributed by atoms with Crippen molar-refractivity contribution in [3.8, 4) is 10.6 Å². The Labute approximate surface area is 202 Å². The van der Waals surface area contributed by atoms with Crippen molar-refractivity contribution in [2.45, 2.75) is 13.0 Å². The summed E-state index contributed by atoms with van der Waals surface area (Å²) >= 11 is 1.67. The molecule has 0 unspecified atom stereocenters. The summed E-state index contributed by atoms with van der Waals surface area (Å²) in [5.41, 5.74) is 3.75. The highest BCUT2D eigenvalue weighted by Gasteiger charge is 2.22. The number of hydrogen-bond donors (Lipinski definition) is 2. The van der Waals surface area contributed by atoms with Gasteiger partial charge in [-0.1, -0.05) is 48.5 Å². The summed E-state index contributed by atoms with van der Waals surface area (Å²) in [4.78, 5) is 37.3. The molecule has 2 amide bonds. The van der Waals surface area contributed by atoms with Crippen LogP contribution in [0.1, 0.15) is 22.5 Å². The first-order valence-electron chi connectivity index (χ1n) is 11.5.